The van der Waals surface area contributed by atoms with Gasteiger partial charge in [-0.1, -0.05) is 84.1 Å². The third-order valence-corrected chi connectivity index (χ3v) is 16.2. The number of oxazole rings is 1. The number of nitrogens with zero attached hydrogens (tertiary/aromatic N) is 2. The number of carbonyl (C=O) groups excluding carboxylic acids is 5. The highest BCUT2D eigenvalue weighted by atomic mass is 28.4. The molecule has 2 aliphatic rings. The Balaban J connectivity index is 2.07. The van der Waals surface area contributed by atoms with Crippen LogP contribution in [0.3, 0.4) is 0 Å². The molecule has 1 fully saturated rings. The number of hydrogen-bond acceptors (Lipinski definition) is 10. The number of allylic oxidation sites excluding steroid dienone is 2. The predicted molar refractivity (Wildman–Crippen MR) is 208 cm³/mol. The standard InChI is InChI=1S/C38H60N4O9Si2/c1-24-14-12-18-40-30(44)17-16-25(2)33(26(3)23-48-37(39)47)50-35(46)29-15-13-19-42(29)34(45)32-36(52(7,8)9)49-31(41-32)22-27(43)21-28(20-24)51-53(10,11)38(4,5)6/h12,14,16-17,20,25-26,28-29,33H,13,15,18-19,21-23H2,1-11H3,(H2,39,47)(H,40,44)/b14-12+,17-16+,24-20+/t25-,26-,28-,29-,33+/m1/s1. The maximum Gasteiger partial charge on any atom is 0.404 e. The van der Waals surface area contributed by atoms with Crippen LogP contribution in [-0.4, -0.2) is 93.9 Å². The molecule has 2 bridgehead atoms. The monoisotopic (exact) mass is 772 g/mol. The number of ketones is 1. The molecule has 1 aromatic heterocycles. The third kappa shape index (κ3) is 12.4. The van der Waals surface area contributed by atoms with Crippen molar-refractivity contribution in [3.05, 3.63) is 47.5 Å². The summed E-state index contributed by atoms with van der Waals surface area (Å²) < 4.78 is 24.0. The van der Waals surface area contributed by atoms with Crippen LogP contribution in [-0.2, 0) is 34.7 Å². The fourth-order valence-electron chi connectivity index (χ4n) is 6.06. The molecular formula is C38H60N4O9Si2. The molecule has 1 saturated heterocycles. The number of nitrogens with one attached hydrogen (secondary N) is 1. The maximum absolute atomic E-state index is 14.2. The number of carbonyl (C=O) groups is 5. The van der Waals surface area contributed by atoms with E-state index in [0.29, 0.717) is 24.8 Å². The van der Waals surface area contributed by atoms with E-state index >= 15 is 0 Å². The molecule has 0 unspecified atom stereocenters. The van der Waals surface area contributed by atoms with Crippen molar-refractivity contribution >= 4 is 51.4 Å². The molecule has 2 aliphatic heterocycles. The van der Waals surface area contributed by atoms with Gasteiger partial charge in [0.25, 0.3) is 5.91 Å². The number of ether oxygens (including phenoxy) is 2. The van der Waals surface area contributed by atoms with Crippen LogP contribution in [0.5, 0.6) is 0 Å². The number of rotatable bonds is 6. The number of aromatic nitrogens is 1. The number of primary amides is 1. The van der Waals surface area contributed by atoms with Crippen LogP contribution >= 0.6 is 0 Å². The van der Waals surface area contributed by atoms with Gasteiger partial charge in [-0.05, 0) is 44.0 Å². The van der Waals surface area contributed by atoms with Crippen LogP contribution in [0, 0.1) is 11.8 Å². The second kappa shape index (κ2) is 18.0. The molecule has 294 valence electrons. The maximum atomic E-state index is 14.2. The van der Waals surface area contributed by atoms with Gasteiger partial charge in [0.05, 0.1) is 19.1 Å². The van der Waals surface area contributed by atoms with Crippen molar-refractivity contribution in [1.82, 2.24) is 15.2 Å². The van der Waals surface area contributed by atoms with Crippen molar-refractivity contribution in [3.8, 4) is 0 Å². The first kappa shape index (κ1) is 43.6. The number of cyclic esters (lactones) is 1. The van der Waals surface area contributed by atoms with Gasteiger partial charge in [-0.25, -0.2) is 14.6 Å². The highest BCUT2D eigenvalue weighted by Gasteiger charge is 2.42. The second-order valence-electron chi connectivity index (χ2n) is 16.8. The minimum atomic E-state index is -2.31. The summed E-state index contributed by atoms with van der Waals surface area (Å²) >= 11 is 0. The van der Waals surface area contributed by atoms with Gasteiger partial charge in [0.2, 0.25) is 11.8 Å². The van der Waals surface area contributed by atoms with E-state index in [2.05, 4.69) is 44.2 Å². The Morgan fingerprint density at radius 1 is 1.13 bits per heavy atom. The van der Waals surface area contributed by atoms with Crippen LogP contribution in [0.25, 0.3) is 0 Å². The molecule has 0 spiro atoms. The summed E-state index contributed by atoms with van der Waals surface area (Å²) in [4.78, 5) is 72.0. The van der Waals surface area contributed by atoms with Crippen molar-refractivity contribution in [2.24, 2.45) is 17.6 Å². The molecule has 1 aromatic rings. The summed E-state index contributed by atoms with van der Waals surface area (Å²) in [6, 6.07) is -0.901. The predicted octanol–water partition coefficient (Wildman–Crippen LogP) is 5.18. The average Bonchev–Trinajstić information content (AvgIpc) is 3.70. The molecule has 3 rings (SSSR count). The number of esters is 1. The lowest BCUT2D eigenvalue weighted by molar-refractivity contribution is -0.159. The van der Waals surface area contributed by atoms with E-state index < -0.39 is 64.4 Å². The van der Waals surface area contributed by atoms with Gasteiger partial charge < -0.3 is 34.3 Å². The molecule has 3 amide bonds. The van der Waals surface area contributed by atoms with Gasteiger partial charge >= 0.3 is 12.1 Å². The first-order chi connectivity index (χ1) is 24.5. The van der Waals surface area contributed by atoms with E-state index in [-0.39, 0.29) is 54.3 Å². The molecule has 0 aromatic carbocycles. The second-order valence-corrected chi connectivity index (χ2v) is 26.5. The number of Topliss-reactive ketones (excluding diaryl/α,β-unsaturated/α-hetero) is 1. The van der Waals surface area contributed by atoms with Gasteiger partial charge in [0.1, 0.15) is 31.4 Å². The lowest BCUT2D eigenvalue weighted by Gasteiger charge is -2.38. The Bertz CT molecular complexity index is 1600. The van der Waals surface area contributed by atoms with Crippen molar-refractivity contribution in [2.75, 3.05) is 19.7 Å². The summed E-state index contributed by atoms with van der Waals surface area (Å²) in [5.74, 6) is -2.41. The van der Waals surface area contributed by atoms with Gasteiger partial charge in [0.15, 0.2) is 14.0 Å². The molecule has 53 heavy (non-hydrogen) atoms. The highest BCUT2D eigenvalue weighted by molar-refractivity contribution is 6.88. The van der Waals surface area contributed by atoms with E-state index in [0.717, 1.165) is 5.57 Å². The van der Waals surface area contributed by atoms with Crippen LogP contribution in [0.2, 0.25) is 37.8 Å². The van der Waals surface area contributed by atoms with Crippen LogP contribution in [0.4, 0.5) is 4.79 Å². The number of nitrogens with two attached hydrogens (primary N) is 1. The smallest absolute Gasteiger partial charge is 0.404 e. The van der Waals surface area contributed by atoms with E-state index in [4.69, 9.17) is 24.1 Å². The highest BCUT2D eigenvalue weighted by Crippen LogP contribution is 2.38. The molecule has 5 atom stereocenters. The first-order valence-electron chi connectivity index (χ1n) is 18.4. The van der Waals surface area contributed by atoms with Gasteiger partial charge in [-0.2, -0.15) is 0 Å². The third-order valence-electron chi connectivity index (χ3n) is 9.96. The summed E-state index contributed by atoms with van der Waals surface area (Å²) in [6.07, 6.45) is 7.21. The number of amides is 3. The van der Waals surface area contributed by atoms with Crippen LogP contribution in [0.15, 0.2) is 40.4 Å². The van der Waals surface area contributed by atoms with Crippen LogP contribution in [0.1, 0.15) is 77.2 Å². The lowest BCUT2D eigenvalue weighted by Crippen LogP contribution is -2.48. The van der Waals surface area contributed by atoms with E-state index in [1.54, 1.807) is 19.9 Å². The summed E-state index contributed by atoms with van der Waals surface area (Å²) in [5, 5.41) is 3.18. The molecule has 13 nitrogen and oxygen atoms in total. The molecule has 15 heteroatoms. The molecule has 3 N–H and O–H groups in total. The zero-order valence-corrected chi connectivity index (χ0v) is 35.4. The zero-order valence-electron chi connectivity index (χ0n) is 33.4. The van der Waals surface area contributed by atoms with E-state index in [1.165, 1.54) is 11.0 Å². The van der Waals surface area contributed by atoms with E-state index in [1.807, 2.05) is 44.8 Å². The molecule has 0 aliphatic carbocycles. The first-order valence-corrected chi connectivity index (χ1v) is 24.9. The van der Waals surface area contributed by atoms with Gasteiger partial charge in [-0.15, -0.1) is 0 Å². The van der Waals surface area contributed by atoms with E-state index in [9.17, 15) is 24.0 Å². The van der Waals surface area contributed by atoms with Gasteiger partial charge in [0, 0.05) is 31.3 Å². The fourth-order valence-corrected chi connectivity index (χ4v) is 8.62. The Morgan fingerprint density at radius 2 is 1.81 bits per heavy atom. The zero-order chi connectivity index (χ0) is 39.9. The molecular weight excluding hydrogens is 713 g/mol. The largest absolute Gasteiger partial charge is 0.460 e. The van der Waals surface area contributed by atoms with Crippen molar-refractivity contribution < 1.29 is 42.3 Å². The Labute approximate surface area is 316 Å². The molecule has 3 heterocycles. The number of hydrogen-bond donors (Lipinski definition) is 2. The number of fused-ring (bicyclic) bond motifs is 3. The Morgan fingerprint density at radius 3 is 2.43 bits per heavy atom. The SMILES string of the molecule is CC1=C\[C@@H](O[Si](C)(C)C(C)(C)C)CC(=O)Cc2nc(c([Si](C)(C)C)o2)C(=O)N2CCC[C@@H]2C(=O)O[C@H]([C@H](C)COC(N)=O)[C@H](C)/C=C/C(=O)NC\C=C\1. The quantitative estimate of drug-likeness (QED) is 0.289. The Kier molecular flexibility index (Phi) is 14.8. The minimum Gasteiger partial charge on any atom is -0.460 e. The normalized spacial score (nSPS) is 26.1. The Hall–Kier alpha value is -3.83. The fraction of sp³-hybridized carbons (Fsp3) is 0.632. The van der Waals surface area contributed by atoms with Gasteiger partial charge in [-0.3, -0.25) is 14.4 Å². The van der Waals surface area contributed by atoms with Crippen LogP contribution < -0.4 is 16.4 Å². The molecule has 0 radical (unpaired) electrons. The van der Waals surface area contributed by atoms with Crippen molar-refractivity contribution in [2.45, 2.75) is 123 Å². The van der Waals surface area contributed by atoms with Crippen molar-refractivity contribution in [1.29, 1.82) is 0 Å². The summed E-state index contributed by atoms with van der Waals surface area (Å²) in [7, 11) is -4.60. The average molecular weight is 773 g/mol. The summed E-state index contributed by atoms with van der Waals surface area (Å²) in [5.41, 5.74) is 6.18. The summed E-state index contributed by atoms with van der Waals surface area (Å²) in [6.45, 7) is 22.6. The molecule has 0 saturated carbocycles. The topological polar surface area (TPSA) is 180 Å². The van der Waals surface area contributed by atoms with Crippen molar-refractivity contribution in [3.63, 3.8) is 0 Å². The lowest BCUT2D eigenvalue weighted by atomic mass is 9.93. The minimum absolute atomic E-state index is 0.0788.